The Morgan fingerprint density at radius 1 is 1.67 bits per heavy atom. The van der Waals surface area contributed by atoms with Gasteiger partial charge in [-0.15, -0.1) is 0 Å². The third-order valence-corrected chi connectivity index (χ3v) is 1.74. The molecule has 1 radical (unpaired) electrons. The van der Waals surface area contributed by atoms with Crippen LogP contribution in [-0.2, 0) is 9.53 Å². The van der Waals surface area contributed by atoms with E-state index in [9.17, 15) is 4.79 Å². The largest absolute Gasteiger partial charge is 0.478 e. The van der Waals surface area contributed by atoms with E-state index >= 15 is 0 Å². The van der Waals surface area contributed by atoms with E-state index in [0.29, 0.717) is 11.7 Å². The number of carboxylic acid groups (broad SMARTS) is 1. The van der Waals surface area contributed by atoms with Gasteiger partial charge >= 0.3 is 5.97 Å². The van der Waals surface area contributed by atoms with Gasteiger partial charge in [0.1, 0.15) is 0 Å². The quantitative estimate of drug-likeness (QED) is 0.384. The maximum Gasteiger partial charge on any atom is 0.330 e. The third-order valence-electron chi connectivity index (χ3n) is 1.74. The van der Waals surface area contributed by atoms with Gasteiger partial charge in [-0.25, -0.2) is 4.79 Å². The maximum absolute atomic E-state index is 10.3. The zero-order chi connectivity index (χ0) is 8.97. The van der Waals surface area contributed by atoms with Crippen LogP contribution >= 0.6 is 0 Å². The summed E-state index contributed by atoms with van der Waals surface area (Å²) in [6.07, 6.45) is 5.84. The monoisotopic (exact) mass is 169 g/mol. The van der Waals surface area contributed by atoms with E-state index in [-0.39, 0.29) is 0 Å². The topological polar surface area (TPSA) is 49.8 Å². The van der Waals surface area contributed by atoms with Gasteiger partial charge in [0.2, 0.25) is 0 Å². The summed E-state index contributed by atoms with van der Waals surface area (Å²) < 4.78 is 4.97. The van der Waals surface area contributed by atoms with Crippen LogP contribution in [0.1, 0.15) is 19.8 Å². The molecule has 1 unspecified atom stereocenters. The van der Waals surface area contributed by atoms with Crippen LogP contribution < -0.4 is 0 Å². The lowest BCUT2D eigenvalue weighted by Gasteiger charge is -1.93. The van der Waals surface area contributed by atoms with Crippen molar-refractivity contribution in [2.45, 2.75) is 25.9 Å². The molecule has 1 rings (SSSR count). The van der Waals surface area contributed by atoms with E-state index < -0.39 is 5.97 Å². The van der Waals surface area contributed by atoms with E-state index in [2.05, 4.69) is 6.42 Å². The van der Waals surface area contributed by atoms with E-state index in [1.54, 1.807) is 13.0 Å². The van der Waals surface area contributed by atoms with E-state index in [1.807, 2.05) is 0 Å². The maximum atomic E-state index is 10.3. The van der Waals surface area contributed by atoms with Gasteiger partial charge in [-0.1, -0.05) is 6.08 Å². The number of rotatable bonds is 5. The van der Waals surface area contributed by atoms with Crippen molar-refractivity contribution in [3.05, 3.63) is 18.1 Å². The number of epoxide rings is 1. The number of hydrogen-bond donors (Lipinski definition) is 1. The summed E-state index contributed by atoms with van der Waals surface area (Å²) in [4.78, 5) is 10.3. The molecule has 0 aromatic heterocycles. The Bertz CT molecular complexity index is 192. The molecular weight excluding hydrogens is 156 g/mol. The fourth-order valence-electron chi connectivity index (χ4n) is 0.861. The van der Waals surface area contributed by atoms with Crippen molar-refractivity contribution in [3.8, 4) is 0 Å². The van der Waals surface area contributed by atoms with Crippen molar-refractivity contribution in [1.82, 2.24) is 0 Å². The predicted molar refractivity (Wildman–Crippen MR) is 44.7 cm³/mol. The lowest BCUT2D eigenvalue weighted by Crippen LogP contribution is -1.95. The summed E-state index contributed by atoms with van der Waals surface area (Å²) in [6.45, 7) is 2.44. The Labute approximate surface area is 72.0 Å². The number of carbonyl (C=O) groups is 1. The van der Waals surface area contributed by atoms with Crippen molar-refractivity contribution in [2.24, 2.45) is 0 Å². The summed E-state index contributed by atoms with van der Waals surface area (Å²) in [5.41, 5.74) is 0.417. The molecule has 1 heterocycles. The highest BCUT2D eigenvalue weighted by atomic mass is 16.6. The zero-order valence-electron chi connectivity index (χ0n) is 7.12. The fourth-order valence-corrected chi connectivity index (χ4v) is 0.861. The lowest BCUT2D eigenvalue weighted by molar-refractivity contribution is -0.132. The number of carboxylic acids is 1. The molecule has 1 fully saturated rings. The third kappa shape index (κ3) is 3.53. The molecule has 1 aliphatic heterocycles. The van der Waals surface area contributed by atoms with Crippen LogP contribution in [-0.4, -0.2) is 23.8 Å². The molecule has 1 N–H and O–H groups in total. The van der Waals surface area contributed by atoms with Gasteiger partial charge in [-0.3, -0.25) is 0 Å². The second-order valence-corrected chi connectivity index (χ2v) is 2.88. The van der Waals surface area contributed by atoms with Gasteiger partial charge in [-0.2, -0.15) is 0 Å². The Hall–Kier alpha value is -0.830. The average molecular weight is 169 g/mol. The Morgan fingerprint density at radius 2 is 2.33 bits per heavy atom. The van der Waals surface area contributed by atoms with Crippen molar-refractivity contribution in [1.29, 1.82) is 0 Å². The first kappa shape index (κ1) is 9.26. The van der Waals surface area contributed by atoms with E-state index in [0.717, 1.165) is 19.4 Å². The van der Waals surface area contributed by atoms with Crippen LogP contribution in [0, 0.1) is 6.42 Å². The fraction of sp³-hybridized carbons (Fsp3) is 0.556. The highest BCUT2D eigenvalue weighted by Gasteiger charge is 2.21. The molecule has 12 heavy (non-hydrogen) atoms. The molecule has 0 bridgehead atoms. The number of ether oxygens (including phenoxy) is 1. The van der Waals surface area contributed by atoms with Crippen molar-refractivity contribution >= 4 is 5.97 Å². The molecule has 67 valence electrons. The number of unbranched alkanes of at least 4 members (excludes halogenated alkanes) is 1. The summed E-state index contributed by atoms with van der Waals surface area (Å²) in [6, 6.07) is 0. The molecule has 1 aliphatic rings. The highest BCUT2D eigenvalue weighted by Crippen LogP contribution is 2.15. The first-order valence-electron chi connectivity index (χ1n) is 4.05. The van der Waals surface area contributed by atoms with Crippen LogP contribution in [0.2, 0.25) is 0 Å². The van der Waals surface area contributed by atoms with Crippen LogP contribution in [0.3, 0.4) is 0 Å². The van der Waals surface area contributed by atoms with E-state index in [1.165, 1.54) is 0 Å². The Morgan fingerprint density at radius 3 is 2.83 bits per heavy atom. The van der Waals surface area contributed by atoms with Crippen LogP contribution in [0.4, 0.5) is 0 Å². The normalized spacial score (nSPS) is 22.4. The van der Waals surface area contributed by atoms with Crippen molar-refractivity contribution in [2.75, 3.05) is 6.61 Å². The Kier molecular flexibility index (Phi) is 3.29. The van der Waals surface area contributed by atoms with Gasteiger partial charge in [0.25, 0.3) is 0 Å². The molecular formula is C9H13O3. The molecule has 0 amide bonds. The zero-order valence-corrected chi connectivity index (χ0v) is 7.12. The van der Waals surface area contributed by atoms with Crippen molar-refractivity contribution < 1.29 is 14.6 Å². The van der Waals surface area contributed by atoms with E-state index in [4.69, 9.17) is 9.84 Å². The molecule has 3 nitrogen and oxygen atoms in total. The smallest absolute Gasteiger partial charge is 0.330 e. The second-order valence-electron chi connectivity index (χ2n) is 2.88. The molecule has 3 heteroatoms. The first-order chi connectivity index (χ1) is 5.70. The summed E-state index contributed by atoms with van der Waals surface area (Å²) >= 11 is 0. The van der Waals surface area contributed by atoms with Gasteiger partial charge in [0.15, 0.2) is 0 Å². The highest BCUT2D eigenvalue weighted by molar-refractivity contribution is 5.85. The minimum Gasteiger partial charge on any atom is -0.478 e. The molecule has 0 aromatic rings. The second kappa shape index (κ2) is 4.26. The molecule has 0 saturated carbocycles. The SMILES string of the molecule is CC(=CCC[CH]C1CO1)C(=O)O. The predicted octanol–water partition coefficient (Wildman–Crippen LogP) is 1.40. The van der Waals surface area contributed by atoms with Crippen LogP contribution in [0.5, 0.6) is 0 Å². The number of allylic oxidation sites excluding steroid dienone is 1. The summed E-state index contributed by atoms with van der Waals surface area (Å²) in [5, 5.41) is 8.50. The van der Waals surface area contributed by atoms with Gasteiger partial charge in [0, 0.05) is 5.57 Å². The van der Waals surface area contributed by atoms with Crippen LogP contribution in [0.25, 0.3) is 0 Å². The average Bonchev–Trinajstić information content (AvgIpc) is 2.80. The van der Waals surface area contributed by atoms with Crippen molar-refractivity contribution in [3.63, 3.8) is 0 Å². The first-order valence-corrected chi connectivity index (χ1v) is 4.05. The molecule has 0 spiro atoms. The number of aliphatic carboxylic acids is 1. The van der Waals surface area contributed by atoms with Gasteiger partial charge in [0.05, 0.1) is 12.7 Å². The van der Waals surface area contributed by atoms with Gasteiger partial charge in [-0.05, 0) is 26.2 Å². The lowest BCUT2D eigenvalue weighted by atomic mass is 10.1. The molecule has 1 atom stereocenters. The summed E-state index contributed by atoms with van der Waals surface area (Å²) in [7, 11) is 0. The van der Waals surface area contributed by atoms with Crippen LogP contribution in [0.15, 0.2) is 11.6 Å². The Balaban J connectivity index is 2.05. The standard InChI is InChI=1S/C9H13O3/c1-7(9(10)11)4-2-3-5-8-6-12-8/h4-5,8H,2-3,6H2,1H3,(H,10,11). The summed E-state index contributed by atoms with van der Waals surface area (Å²) in [5.74, 6) is -0.835. The van der Waals surface area contributed by atoms with Gasteiger partial charge < -0.3 is 9.84 Å². The number of hydrogen-bond acceptors (Lipinski definition) is 2. The molecule has 0 aliphatic carbocycles. The minimum absolute atomic E-state index is 0.337. The minimum atomic E-state index is -0.835. The molecule has 1 saturated heterocycles. The molecule has 0 aromatic carbocycles.